The summed E-state index contributed by atoms with van der Waals surface area (Å²) in [6.07, 6.45) is 20.7. The zero-order valence-electron chi connectivity index (χ0n) is 18.4. The van der Waals surface area contributed by atoms with Gasteiger partial charge in [0.05, 0.1) is 0 Å². The van der Waals surface area contributed by atoms with E-state index in [1.165, 1.54) is 96.3 Å². The molecule has 4 nitrogen and oxygen atoms in total. The smallest absolute Gasteiger partial charge is 0.0262 e. The van der Waals surface area contributed by atoms with E-state index in [4.69, 9.17) is 11.5 Å². The number of hydrogen-bond acceptors (Lipinski definition) is 4. The summed E-state index contributed by atoms with van der Waals surface area (Å²) < 4.78 is 0. The highest BCUT2D eigenvalue weighted by Crippen LogP contribution is 2.42. The molecule has 0 aromatic rings. The lowest BCUT2D eigenvalue weighted by Gasteiger charge is -2.50. The molecule has 3 aliphatic carbocycles. The molecule has 164 valence electrons. The standard InChI is InChI=1S/C24H48N4/c25-16-22(27-18-20-10-4-1-5-11-20)24(14-8-3-9-15-24)23(17-26)28-19-21-12-6-2-7-13-21/h20-23,27-28H,1-19,25-26H2. The summed E-state index contributed by atoms with van der Waals surface area (Å²) in [6, 6.07) is 0.810. The maximum atomic E-state index is 6.40. The molecule has 0 spiro atoms. The normalized spacial score (nSPS) is 26.8. The van der Waals surface area contributed by atoms with E-state index in [1.54, 1.807) is 0 Å². The van der Waals surface area contributed by atoms with Crippen molar-refractivity contribution in [3.8, 4) is 0 Å². The molecule has 2 unspecified atom stereocenters. The van der Waals surface area contributed by atoms with Crippen LogP contribution in [0.5, 0.6) is 0 Å². The zero-order valence-corrected chi connectivity index (χ0v) is 18.4. The quantitative estimate of drug-likeness (QED) is 0.454. The number of nitrogens with one attached hydrogen (secondary N) is 2. The van der Waals surface area contributed by atoms with Crippen LogP contribution < -0.4 is 22.1 Å². The van der Waals surface area contributed by atoms with Crippen molar-refractivity contribution >= 4 is 0 Å². The molecular weight excluding hydrogens is 344 g/mol. The summed E-state index contributed by atoms with van der Waals surface area (Å²) in [5.41, 5.74) is 13.1. The van der Waals surface area contributed by atoms with Crippen LogP contribution in [0, 0.1) is 17.3 Å². The van der Waals surface area contributed by atoms with Crippen molar-refractivity contribution in [2.45, 2.75) is 108 Å². The SMILES string of the molecule is NCC(NCC1CCCCC1)C1(C(CN)NCC2CCCCC2)CCCCC1. The predicted molar refractivity (Wildman–Crippen MR) is 120 cm³/mol. The number of nitrogens with two attached hydrogens (primary N) is 2. The van der Waals surface area contributed by atoms with Gasteiger partial charge in [0.2, 0.25) is 0 Å². The van der Waals surface area contributed by atoms with Gasteiger partial charge in [0.15, 0.2) is 0 Å². The van der Waals surface area contributed by atoms with Crippen LogP contribution in [0.25, 0.3) is 0 Å². The third-order valence-electron chi connectivity index (χ3n) is 8.40. The van der Waals surface area contributed by atoms with Crippen LogP contribution in [-0.4, -0.2) is 38.3 Å². The zero-order chi connectivity index (χ0) is 19.7. The van der Waals surface area contributed by atoms with E-state index in [0.717, 1.165) is 38.0 Å². The fourth-order valence-electron chi connectivity index (χ4n) is 6.59. The van der Waals surface area contributed by atoms with Gasteiger partial charge in [-0.1, -0.05) is 57.8 Å². The van der Waals surface area contributed by atoms with Gasteiger partial charge >= 0.3 is 0 Å². The molecule has 0 aromatic heterocycles. The first-order valence-electron chi connectivity index (χ1n) is 12.7. The molecule has 0 aliphatic heterocycles. The van der Waals surface area contributed by atoms with Crippen molar-refractivity contribution in [3.05, 3.63) is 0 Å². The van der Waals surface area contributed by atoms with Crippen LogP contribution in [0.4, 0.5) is 0 Å². The maximum Gasteiger partial charge on any atom is 0.0262 e. The van der Waals surface area contributed by atoms with Crippen LogP contribution in [0.3, 0.4) is 0 Å². The first kappa shape index (κ1) is 22.5. The molecule has 2 atom stereocenters. The van der Waals surface area contributed by atoms with E-state index in [2.05, 4.69) is 10.6 Å². The molecule has 3 saturated carbocycles. The molecule has 0 aromatic carbocycles. The monoisotopic (exact) mass is 392 g/mol. The summed E-state index contributed by atoms with van der Waals surface area (Å²) in [5.74, 6) is 1.71. The van der Waals surface area contributed by atoms with Crippen LogP contribution in [-0.2, 0) is 0 Å². The van der Waals surface area contributed by atoms with Gasteiger partial charge in [-0.2, -0.15) is 0 Å². The summed E-state index contributed by atoms with van der Waals surface area (Å²) >= 11 is 0. The Morgan fingerprint density at radius 3 is 1.39 bits per heavy atom. The molecule has 0 bridgehead atoms. The van der Waals surface area contributed by atoms with E-state index in [-0.39, 0.29) is 5.41 Å². The van der Waals surface area contributed by atoms with Gasteiger partial charge in [-0.25, -0.2) is 0 Å². The molecule has 0 heterocycles. The molecular formula is C24H48N4. The Bertz CT molecular complexity index is 377. The summed E-state index contributed by atoms with van der Waals surface area (Å²) in [7, 11) is 0. The van der Waals surface area contributed by atoms with Gasteiger partial charge in [0.25, 0.3) is 0 Å². The van der Waals surface area contributed by atoms with Gasteiger partial charge < -0.3 is 22.1 Å². The van der Waals surface area contributed by atoms with E-state index in [0.29, 0.717) is 12.1 Å². The Hall–Kier alpha value is -0.160. The minimum absolute atomic E-state index is 0.241. The van der Waals surface area contributed by atoms with Gasteiger partial charge in [0, 0.05) is 30.6 Å². The van der Waals surface area contributed by atoms with Crippen molar-refractivity contribution in [3.63, 3.8) is 0 Å². The van der Waals surface area contributed by atoms with Gasteiger partial charge in [0.1, 0.15) is 0 Å². The highest BCUT2D eigenvalue weighted by atomic mass is 15.0. The van der Waals surface area contributed by atoms with Crippen molar-refractivity contribution in [2.75, 3.05) is 26.2 Å². The van der Waals surface area contributed by atoms with Crippen molar-refractivity contribution in [1.82, 2.24) is 10.6 Å². The maximum absolute atomic E-state index is 6.40. The Balaban J connectivity index is 1.63. The molecule has 3 rings (SSSR count). The predicted octanol–water partition coefficient (Wildman–Crippen LogP) is 3.93. The van der Waals surface area contributed by atoms with E-state index in [9.17, 15) is 0 Å². The van der Waals surface area contributed by atoms with Crippen molar-refractivity contribution < 1.29 is 0 Å². The molecule has 3 fully saturated rings. The largest absolute Gasteiger partial charge is 0.329 e. The van der Waals surface area contributed by atoms with Gasteiger partial charge in [-0.15, -0.1) is 0 Å². The highest BCUT2D eigenvalue weighted by Gasteiger charge is 2.45. The van der Waals surface area contributed by atoms with Crippen LogP contribution in [0.1, 0.15) is 96.3 Å². The molecule has 0 amide bonds. The topological polar surface area (TPSA) is 76.1 Å². The average Bonchev–Trinajstić information content (AvgIpc) is 2.77. The Kier molecular flexibility index (Phi) is 9.56. The Labute approximate surface area is 174 Å². The van der Waals surface area contributed by atoms with Crippen molar-refractivity contribution in [2.24, 2.45) is 28.7 Å². The second-order valence-electron chi connectivity index (χ2n) is 10.2. The molecule has 4 heteroatoms. The first-order valence-corrected chi connectivity index (χ1v) is 12.7. The number of hydrogen-bond donors (Lipinski definition) is 4. The van der Waals surface area contributed by atoms with Crippen LogP contribution in [0.15, 0.2) is 0 Å². The Morgan fingerprint density at radius 2 is 1.00 bits per heavy atom. The lowest BCUT2D eigenvalue weighted by Crippen LogP contribution is -2.63. The third kappa shape index (κ3) is 5.93. The second kappa shape index (κ2) is 11.9. The molecule has 0 radical (unpaired) electrons. The van der Waals surface area contributed by atoms with E-state index >= 15 is 0 Å². The molecule has 6 N–H and O–H groups in total. The first-order chi connectivity index (χ1) is 13.8. The van der Waals surface area contributed by atoms with Gasteiger partial charge in [-0.05, 0) is 63.5 Å². The number of rotatable bonds is 10. The summed E-state index contributed by atoms with van der Waals surface area (Å²) in [5, 5.41) is 7.96. The van der Waals surface area contributed by atoms with Gasteiger partial charge in [-0.3, -0.25) is 0 Å². The Morgan fingerprint density at radius 1 is 0.607 bits per heavy atom. The molecule has 28 heavy (non-hydrogen) atoms. The third-order valence-corrected chi connectivity index (χ3v) is 8.40. The minimum Gasteiger partial charge on any atom is -0.329 e. The summed E-state index contributed by atoms with van der Waals surface area (Å²) in [4.78, 5) is 0. The van der Waals surface area contributed by atoms with E-state index < -0.39 is 0 Å². The average molecular weight is 393 g/mol. The molecule has 3 aliphatic rings. The van der Waals surface area contributed by atoms with Crippen LogP contribution in [0.2, 0.25) is 0 Å². The van der Waals surface area contributed by atoms with Crippen molar-refractivity contribution in [1.29, 1.82) is 0 Å². The lowest BCUT2D eigenvalue weighted by molar-refractivity contribution is 0.0688. The summed E-state index contributed by atoms with van der Waals surface area (Å²) in [6.45, 7) is 3.80. The van der Waals surface area contributed by atoms with E-state index in [1.807, 2.05) is 0 Å². The lowest BCUT2D eigenvalue weighted by atomic mass is 9.64. The fourth-order valence-corrected chi connectivity index (χ4v) is 6.59. The highest BCUT2D eigenvalue weighted by molar-refractivity contribution is 5.02. The van der Waals surface area contributed by atoms with Crippen LogP contribution >= 0.6 is 0 Å². The second-order valence-corrected chi connectivity index (χ2v) is 10.2. The molecule has 0 saturated heterocycles. The fraction of sp³-hybridized carbons (Fsp3) is 1.00. The minimum atomic E-state index is 0.241.